The standard InChI is InChI=1S/C12H19P.CH2Cl.Pd/c1-8(2)10-5-11(9(3)4)7-12(13)6-10;1-2;/h5-9H,13H2,1-4H3;1H2;/q;-1;. The van der Waals surface area contributed by atoms with E-state index >= 15 is 0 Å². The van der Waals surface area contributed by atoms with Crippen LogP contribution in [0.1, 0.15) is 50.7 Å². The van der Waals surface area contributed by atoms with Crippen molar-refractivity contribution in [1.82, 2.24) is 0 Å². The summed E-state index contributed by atoms with van der Waals surface area (Å²) in [4.78, 5) is 0. The Morgan fingerprint density at radius 2 is 1.25 bits per heavy atom. The Kier molecular flexibility index (Phi) is 11.4. The van der Waals surface area contributed by atoms with Crippen molar-refractivity contribution in [2.24, 2.45) is 0 Å². The molecule has 0 N–H and O–H groups in total. The SMILES string of the molecule is CC(C)c1cc(P)cc(C(C)C)c1.[CH2-]Cl.[Pd]. The van der Waals surface area contributed by atoms with Crippen molar-refractivity contribution >= 4 is 26.1 Å². The maximum absolute atomic E-state index is 4.39. The van der Waals surface area contributed by atoms with Gasteiger partial charge in [-0.15, -0.1) is 9.24 Å². The van der Waals surface area contributed by atoms with E-state index in [1.54, 1.807) is 0 Å². The first-order valence-electron chi connectivity index (χ1n) is 5.17. The monoisotopic (exact) mass is 349 g/mol. The first kappa shape index (κ1) is 19.0. The summed E-state index contributed by atoms with van der Waals surface area (Å²) in [5, 5.41) is 1.30. The Morgan fingerprint density at radius 1 is 0.938 bits per heavy atom. The van der Waals surface area contributed by atoms with Crippen molar-refractivity contribution in [2.45, 2.75) is 39.5 Å². The van der Waals surface area contributed by atoms with Crippen molar-refractivity contribution in [3.63, 3.8) is 0 Å². The molecule has 0 aliphatic carbocycles. The second-order valence-electron chi connectivity index (χ2n) is 4.24. The second-order valence-corrected chi connectivity index (χ2v) is 4.91. The van der Waals surface area contributed by atoms with Gasteiger partial charge >= 0.3 is 0 Å². The molecule has 0 saturated carbocycles. The summed E-state index contributed by atoms with van der Waals surface area (Å²) in [6, 6.07) is 6.82. The minimum atomic E-state index is 0. The molecule has 0 radical (unpaired) electrons. The molecule has 0 aliphatic rings. The van der Waals surface area contributed by atoms with Gasteiger partial charge in [-0.05, 0) is 28.3 Å². The van der Waals surface area contributed by atoms with Crippen LogP contribution in [0.3, 0.4) is 0 Å². The molecule has 1 unspecified atom stereocenters. The van der Waals surface area contributed by atoms with E-state index in [4.69, 9.17) is 0 Å². The number of hydrogen-bond donors (Lipinski definition) is 0. The molecule has 1 atom stereocenters. The predicted molar refractivity (Wildman–Crippen MR) is 75.2 cm³/mol. The van der Waals surface area contributed by atoms with Crippen molar-refractivity contribution in [3.8, 4) is 0 Å². The van der Waals surface area contributed by atoms with Gasteiger partial charge in [-0.3, -0.25) is 6.38 Å². The third kappa shape index (κ3) is 6.37. The van der Waals surface area contributed by atoms with E-state index in [9.17, 15) is 0 Å². The van der Waals surface area contributed by atoms with Crippen molar-refractivity contribution < 1.29 is 20.4 Å². The normalized spacial score (nSPS) is 9.56. The fraction of sp³-hybridized carbons (Fsp3) is 0.462. The molecule has 0 fully saturated rings. The molecular weight excluding hydrogens is 329 g/mol. The number of halogens is 1. The van der Waals surface area contributed by atoms with Crippen molar-refractivity contribution in [2.75, 3.05) is 0 Å². The van der Waals surface area contributed by atoms with E-state index in [1.807, 2.05) is 0 Å². The topological polar surface area (TPSA) is 0 Å². The van der Waals surface area contributed by atoms with E-state index in [-0.39, 0.29) is 20.4 Å². The van der Waals surface area contributed by atoms with Gasteiger partial charge in [0.2, 0.25) is 0 Å². The fourth-order valence-electron chi connectivity index (χ4n) is 1.37. The summed E-state index contributed by atoms with van der Waals surface area (Å²) in [5.74, 6) is 1.25. The average Bonchev–Trinajstić information content (AvgIpc) is 2.19. The van der Waals surface area contributed by atoms with Gasteiger partial charge in [-0.2, -0.15) is 0 Å². The zero-order valence-electron chi connectivity index (χ0n) is 10.4. The fourth-order valence-corrected chi connectivity index (χ4v) is 1.75. The molecule has 0 aliphatic heterocycles. The van der Waals surface area contributed by atoms with E-state index in [2.05, 4.69) is 73.1 Å². The molecule has 96 valence electrons. The van der Waals surface area contributed by atoms with Gasteiger partial charge in [-0.1, -0.05) is 45.9 Å². The van der Waals surface area contributed by atoms with Crippen LogP contribution in [0.15, 0.2) is 18.2 Å². The zero-order chi connectivity index (χ0) is 12.0. The smallest absolute Gasteiger partial charge is 0 e. The second kappa shape index (κ2) is 9.61. The number of benzene rings is 1. The van der Waals surface area contributed by atoms with Crippen LogP contribution in [-0.4, -0.2) is 0 Å². The summed E-state index contributed by atoms with van der Waals surface area (Å²) < 4.78 is 0. The van der Waals surface area contributed by atoms with Crippen LogP contribution in [0.4, 0.5) is 0 Å². The third-order valence-electron chi connectivity index (χ3n) is 2.33. The van der Waals surface area contributed by atoms with Crippen LogP contribution in [0, 0.1) is 6.38 Å². The van der Waals surface area contributed by atoms with Crippen LogP contribution in [0.5, 0.6) is 0 Å². The van der Waals surface area contributed by atoms with Gasteiger partial charge in [0.25, 0.3) is 0 Å². The van der Waals surface area contributed by atoms with Gasteiger partial charge in [0.05, 0.1) is 0 Å². The van der Waals surface area contributed by atoms with Gasteiger partial charge in [0.1, 0.15) is 0 Å². The molecule has 0 aromatic heterocycles. The Hall–Kier alpha value is 0.602. The molecule has 1 aromatic rings. The van der Waals surface area contributed by atoms with Gasteiger partial charge in [-0.25, -0.2) is 0 Å². The molecule has 0 nitrogen and oxygen atoms in total. The molecule has 16 heavy (non-hydrogen) atoms. The quantitative estimate of drug-likeness (QED) is 0.420. The molecule has 0 spiro atoms. The minimum Gasteiger partial charge on any atom is -0.352 e. The van der Waals surface area contributed by atoms with Gasteiger partial charge in [0.15, 0.2) is 0 Å². The molecule has 1 aromatic carbocycles. The number of rotatable bonds is 2. The van der Waals surface area contributed by atoms with E-state index in [0.717, 1.165) is 0 Å². The molecule has 0 saturated heterocycles. The molecule has 0 amide bonds. The van der Waals surface area contributed by atoms with Crippen molar-refractivity contribution in [3.05, 3.63) is 35.7 Å². The summed E-state index contributed by atoms with van der Waals surface area (Å²) in [5.41, 5.74) is 2.88. The van der Waals surface area contributed by atoms with E-state index in [1.165, 1.54) is 16.4 Å². The minimum absolute atomic E-state index is 0. The summed E-state index contributed by atoms with van der Waals surface area (Å²) in [6.07, 6.45) is 2.72. The van der Waals surface area contributed by atoms with Crippen LogP contribution in [-0.2, 0) is 20.4 Å². The number of hydrogen-bond acceptors (Lipinski definition) is 0. The summed E-state index contributed by atoms with van der Waals surface area (Å²) in [6.45, 7) is 8.96. The molecule has 0 bridgehead atoms. The van der Waals surface area contributed by atoms with E-state index < -0.39 is 0 Å². The van der Waals surface area contributed by atoms with Crippen LogP contribution in [0.25, 0.3) is 0 Å². The third-order valence-corrected chi connectivity index (χ3v) is 2.67. The maximum atomic E-state index is 4.39. The molecule has 3 heteroatoms. The van der Waals surface area contributed by atoms with Crippen molar-refractivity contribution in [1.29, 1.82) is 0 Å². The van der Waals surface area contributed by atoms with Gasteiger partial charge < -0.3 is 11.6 Å². The first-order valence-corrected chi connectivity index (χ1v) is 6.29. The van der Waals surface area contributed by atoms with Crippen LogP contribution < -0.4 is 5.30 Å². The summed E-state index contributed by atoms with van der Waals surface area (Å²) in [7, 11) is 2.79. The van der Waals surface area contributed by atoms with Crippen LogP contribution >= 0.6 is 20.8 Å². The predicted octanol–water partition coefficient (Wildman–Crippen LogP) is 4.45. The van der Waals surface area contributed by atoms with Crippen LogP contribution in [0.2, 0.25) is 0 Å². The molecule has 1 rings (SSSR count). The first-order chi connectivity index (χ1) is 7.00. The Balaban J connectivity index is 0. The molecule has 0 heterocycles. The largest absolute Gasteiger partial charge is 0.352 e. The Bertz CT molecular complexity index is 272. The zero-order valence-corrected chi connectivity index (χ0v) is 13.8. The van der Waals surface area contributed by atoms with Gasteiger partial charge in [0, 0.05) is 20.4 Å². The maximum Gasteiger partial charge on any atom is 0 e. The summed E-state index contributed by atoms with van der Waals surface area (Å²) >= 11 is 4.39. The average molecular weight is 350 g/mol. The molecular formula is C13H21ClPPd-. The Morgan fingerprint density at radius 3 is 1.50 bits per heavy atom. The Labute approximate surface area is 121 Å². The van der Waals surface area contributed by atoms with E-state index in [0.29, 0.717) is 11.8 Å².